The lowest BCUT2D eigenvalue weighted by molar-refractivity contribution is -0.146. The molecule has 2 rings (SSSR count). The van der Waals surface area contributed by atoms with E-state index in [0.717, 1.165) is 0 Å². The SMILES string of the molecule is CC(=O)Nc1ccc(S(=O)(=O)NC(C)C(=O)OCc2ccc(Cl)c(Cl)c2)cc1. The number of benzene rings is 2. The Hall–Kier alpha value is -2.13. The largest absolute Gasteiger partial charge is 0.460 e. The molecule has 0 saturated carbocycles. The van der Waals surface area contributed by atoms with E-state index in [1.165, 1.54) is 38.1 Å². The lowest BCUT2D eigenvalue weighted by atomic mass is 10.2. The molecule has 0 heterocycles. The van der Waals surface area contributed by atoms with Gasteiger partial charge in [-0.25, -0.2) is 8.42 Å². The van der Waals surface area contributed by atoms with Gasteiger partial charge in [-0.05, 0) is 48.9 Å². The lowest BCUT2D eigenvalue weighted by Crippen LogP contribution is -2.39. The molecule has 0 radical (unpaired) electrons. The average Bonchev–Trinajstić information content (AvgIpc) is 2.62. The number of halogens is 2. The number of carbonyl (C=O) groups excluding carboxylic acids is 2. The smallest absolute Gasteiger partial charge is 0.324 e. The third-order valence-electron chi connectivity index (χ3n) is 3.54. The summed E-state index contributed by atoms with van der Waals surface area (Å²) in [7, 11) is -3.95. The molecule has 0 aliphatic carbocycles. The van der Waals surface area contributed by atoms with Crippen LogP contribution in [-0.2, 0) is 31.0 Å². The van der Waals surface area contributed by atoms with Gasteiger partial charge in [0, 0.05) is 12.6 Å². The number of sulfonamides is 1. The number of rotatable bonds is 7. The van der Waals surface area contributed by atoms with E-state index >= 15 is 0 Å². The van der Waals surface area contributed by atoms with E-state index in [4.69, 9.17) is 27.9 Å². The normalized spacial score (nSPS) is 12.3. The van der Waals surface area contributed by atoms with Crippen molar-refractivity contribution in [3.63, 3.8) is 0 Å². The van der Waals surface area contributed by atoms with Crippen molar-refractivity contribution < 1.29 is 22.7 Å². The molecule has 2 aromatic rings. The first-order chi connectivity index (χ1) is 13.1. The second-order valence-corrected chi connectivity index (χ2v) is 8.43. The van der Waals surface area contributed by atoms with E-state index in [1.54, 1.807) is 18.2 Å². The minimum Gasteiger partial charge on any atom is -0.460 e. The maximum absolute atomic E-state index is 12.4. The van der Waals surface area contributed by atoms with Crippen LogP contribution in [0.15, 0.2) is 47.4 Å². The molecule has 0 aliphatic heterocycles. The Labute approximate surface area is 173 Å². The van der Waals surface area contributed by atoms with Gasteiger partial charge >= 0.3 is 5.97 Å². The summed E-state index contributed by atoms with van der Waals surface area (Å²) >= 11 is 11.7. The fourth-order valence-electron chi connectivity index (χ4n) is 2.18. The number of amides is 1. The summed E-state index contributed by atoms with van der Waals surface area (Å²) in [5, 5.41) is 3.24. The van der Waals surface area contributed by atoms with Crippen LogP contribution in [0.3, 0.4) is 0 Å². The van der Waals surface area contributed by atoms with E-state index in [2.05, 4.69) is 10.0 Å². The highest BCUT2D eigenvalue weighted by atomic mass is 35.5. The van der Waals surface area contributed by atoms with Crippen molar-refractivity contribution in [2.24, 2.45) is 0 Å². The molecule has 0 aromatic heterocycles. The Morgan fingerprint density at radius 1 is 1.07 bits per heavy atom. The standard InChI is InChI=1S/C18H18Cl2N2O5S/c1-11(18(24)27-10-13-3-8-16(19)17(20)9-13)22-28(25,26)15-6-4-14(5-7-15)21-12(2)23/h3-9,11,22H,10H2,1-2H3,(H,21,23). The monoisotopic (exact) mass is 444 g/mol. The second-order valence-electron chi connectivity index (χ2n) is 5.90. The quantitative estimate of drug-likeness (QED) is 0.637. The fourth-order valence-corrected chi connectivity index (χ4v) is 3.69. The molecule has 28 heavy (non-hydrogen) atoms. The highest BCUT2D eigenvalue weighted by molar-refractivity contribution is 7.89. The predicted octanol–water partition coefficient (Wildman–Crippen LogP) is 3.36. The molecule has 1 atom stereocenters. The Morgan fingerprint density at radius 3 is 2.29 bits per heavy atom. The Bertz CT molecular complexity index is 978. The zero-order chi connectivity index (χ0) is 20.9. The van der Waals surface area contributed by atoms with Crippen molar-refractivity contribution in [3.8, 4) is 0 Å². The van der Waals surface area contributed by atoms with Gasteiger partial charge in [0.1, 0.15) is 12.6 Å². The number of esters is 1. The third kappa shape index (κ3) is 6.20. The summed E-state index contributed by atoms with van der Waals surface area (Å²) in [6.45, 7) is 2.64. The molecule has 0 saturated heterocycles. The van der Waals surface area contributed by atoms with Crippen molar-refractivity contribution in [3.05, 3.63) is 58.1 Å². The van der Waals surface area contributed by atoms with Crippen LogP contribution in [0, 0.1) is 0 Å². The first-order valence-electron chi connectivity index (χ1n) is 8.09. The number of carbonyl (C=O) groups is 2. The summed E-state index contributed by atoms with van der Waals surface area (Å²) in [5.41, 5.74) is 1.08. The average molecular weight is 445 g/mol. The van der Waals surface area contributed by atoms with Crippen LogP contribution in [0.25, 0.3) is 0 Å². The van der Waals surface area contributed by atoms with Gasteiger partial charge in [0.15, 0.2) is 0 Å². The summed E-state index contributed by atoms with van der Waals surface area (Å²) in [5.74, 6) is -1.02. The molecule has 150 valence electrons. The molecule has 2 aromatic carbocycles. The van der Waals surface area contributed by atoms with Crippen LogP contribution in [-0.4, -0.2) is 26.3 Å². The topological polar surface area (TPSA) is 102 Å². The van der Waals surface area contributed by atoms with Crippen molar-refractivity contribution in [1.82, 2.24) is 4.72 Å². The number of hydrogen-bond acceptors (Lipinski definition) is 5. The van der Waals surface area contributed by atoms with E-state index in [0.29, 0.717) is 21.3 Å². The Kier molecular flexibility index (Phi) is 7.42. The van der Waals surface area contributed by atoms with Gasteiger partial charge in [0.2, 0.25) is 15.9 Å². The maximum Gasteiger partial charge on any atom is 0.324 e. The molecular formula is C18H18Cl2N2O5S. The summed E-state index contributed by atoms with van der Waals surface area (Å²) in [4.78, 5) is 23.1. The highest BCUT2D eigenvalue weighted by Crippen LogP contribution is 2.23. The molecule has 1 amide bonds. The molecular weight excluding hydrogens is 427 g/mol. The molecule has 10 heteroatoms. The summed E-state index contributed by atoms with van der Waals surface area (Å²) < 4.78 is 32.2. The van der Waals surface area contributed by atoms with Crippen LogP contribution in [0.4, 0.5) is 5.69 Å². The van der Waals surface area contributed by atoms with Gasteiger partial charge in [-0.15, -0.1) is 0 Å². The number of ether oxygens (including phenoxy) is 1. The van der Waals surface area contributed by atoms with Crippen LogP contribution in [0.5, 0.6) is 0 Å². The number of hydrogen-bond donors (Lipinski definition) is 2. The molecule has 1 unspecified atom stereocenters. The maximum atomic E-state index is 12.4. The molecule has 2 N–H and O–H groups in total. The highest BCUT2D eigenvalue weighted by Gasteiger charge is 2.23. The lowest BCUT2D eigenvalue weighted by Gasteiger charge is -2.14. The predicted molar refractivity (Wildman–Crippen MR) is 107 cm³/mol. The van der Waals surface area contributed by atoms with Crippen LogP contribution in [0.1, 0.15) is 19.4 Å². The second kappa shape index (κ2) is 9.38. The van der Waals surface area contributed by atoms with Gasteiger partial charge in [-0.1, -0.05) is 29.3 Å². The van der Waals surface area contributed by atoms with Crippen LogP contribution >= 0.6 is 23.2 Å². The summed E-state index contributed by atoms with van der Waals surface area (Å²) in [6.07, 6.45) is 0. The van der Waals surface area contributed by atoms with E-state index in [1.807, 2.05) is 0 Å². The van der Waals surface area contributed by atoms with Crippen LogP contribution < -0.4 is 10.0 Å². The van der Waals surface area contributed by atoms with Crippen molar-refractivity contribution in [1.29, 1.82) is 0 Å². The van der Waals surface area contributed by atoms with Crippen molar-refractivity contribution in [2.45, 2.75) is 31.4 Å². The van der Waals surface area contributed by atoms with E-state index < -0.39 is 22.0 Å². The van der Waals surface area contributed by atoms with Gasteiger partial charge in [-0.2, -0.15) is 4.72 Å². The third-order valence-corrected chi connectivity index (χ3v) is 5.83. The van der Waals surface area contributed by atoms with E-state index in [-0.39, 0.29) is 17.4 Å². The summed E-state index contributed by atoms with van der Waals surface area (Å²) in [6, 6.07) is 9.21. The number of anilines is 1. The number of nitrogens with one attached hydrogen (secondary N) is 2. The first kappa shape index (κ1) is 22.2. The minimum absolute atomic E-state index is 0.0502. The molecule has 7 nitrogen and oxygen atoms in total. The van der Waals surface area contributed by atoms with Gasteiger partial charge in [0.25, 0.3) is 0 Å². The van der Waals surface area contributed by atoms with Crippen molar-refractivity contribution >= 4 is 50.8 Å². The molecule has 0 spiro atoms. The molecule has 0 aliphatic rings. The van der Waals surface area contributed by atoms with Gasteiger partial charge < -0.3 is 10.1 Å². The minimum atomic E-state index is -3.95. The van der Waals surface area contributed by atoms with Crippen molar-refractivity contribution in [2.75, 3.05) is 5.32 Å². The zero-order valence-electron chi connectivity index (χ0n) is 15.0. The van der Waals surface area contributed by atoms with Crippen LogP contribution in [0.2, 0.25) is 10.0 Å². The first-order valence-corrected chi connectivity index (χ1v) is 10.3. The molecule has 0 bridgehead atoms. The Morgan fingerprint density at radius 2 is 1.71 bits per heavy atom. The fraction of sp³-hybridized carbons (Fsp3) is 0.222. The Balaban J connectivity index is 1.97. The van der Waals surface area contributed by atoms with E-state index in [9.17, 15) is 18.0 Å². The van der Waals surface area contributed by atoms with Gasteiger partial charge in [0.05, 0.1) is 14.9 Å². The zero-order valence-corrected chi connectivity index (χ0v) is 17.4. The molecule has 0 fully saturated rings. The van der Waals surface area contributed by atoms with Gasteiger partial charge in [-0.3, -0.25) is 9.59 Å².